The highest BCUT2D eigenvalue weighted by Gasteiger charge is 2.53. The second kappa shape index (κ2) is 5.08. The van der Waals surface area contributed by atoms with Crippen LogP contribution >= 0.6 is 0 Å². The Labute approximate surface area is 127 Å². The number of aromatic nitrogens is 2. The van der Waals surface area contributed by atoms with Crippen LogP contribution in [0, 0.1) is 17.8 Å². The Kier molecular flexibility index (Phi) is 3.32. The summed E-state index contributed by atoms with van der Waals surface area (Å²) in [6.45, 7) is 2.19. The highest BCUT2D eigenvalue weighted by molar-refractivity contribution is 5.16. The first-order valence-electron chi connectivity index (χ1n) is 8.67. The van der Waals surface area contributed by atoms with Gasteiger partial charge in [0.2, 0.25) is 5.89 Å². The quantitative estimate of drug-likeness (QED) is 0.905. The highest BCUT2D eigenvalue weighted by atomic mass is 16.5. The van der Waals surface area contributed by atoms with Crippen LogP contribution in [0.2, 0.25) is 0 Å². The normalized spacial score (nSPS) is 38.9. The van der Waals surface area contributed by atoms with Crippen molar-refractivity contribution in [3.63, 3.8) is 0 Å². The molecule has 4 bridgehead atoms. The Balaban J connectivity index is 1.50. The molecule has 0 radical (unpaired) electrons. The summed E-state index contributed by atoms with van der Waals surface area (Å²) >= 11 is 0. The largest absolute Gasteiger partial charge is 0.339 e. The van der Waals surface area contributed by atoms with Crippen LogP contribution in [0.5, 0.6) is 0 Å². The summed E-state index contributed by atoms with van der Waals surface area (Å²) in [6.07, 6.45) is 10.3. The predicted octanol–water partition coefficient (Wildman–Crippen LogP) is 3.08. The highest BCUT2D eigenvalue weighted by Crippen LogP contribution is 2.60. The second-order valence-corrected chi connectivity index (χ2v) is 7.94. The maximum Gasteiger partial charge on any atom is 0.226 e. The van der Waals surface area contributed by atoms with Crippen LogP contribution in [0.3, 0.4) is 0 Å². The molecule has 1 atom stereocenters. The van der Waals surface area contributed by atoms with Gasteiger partial charge in [-0.3, -0.25) is 0 Å². The van der Waals surface area contributed by atoms with Gasteiger partial charge in [0, 0.05) is 17.9 Å². The van der Waals surface area contributed by atoms with Crippen molar-refractivity contribution in [1.82, 2.24) is 15.5 Å². The van der Waals surface area contributed by atoms with E-state index in [9.17, 15) is 0 Å². The minimum atomic E-state index is 0.269. The van der Waals surface area contributed by atoms with Crippen molar-refractivity contribution in [2.75, 3.05) is 7.05 Å². The molecule has 4 saturated carbocycles. The van der Waals surface area contributed by atoms with E-state index in [0.29, 0.717) is 6.04 Å². The van der Waals surface area contributed by atoms with Gasteiger partial charge < -0.3 is 9.84 Å². The zero-order chi connectivity index (χ0) is 14.4. The molecule has 0 aliphatic heterocycles. The van der Waals surface area contributed by atoms with E-state index >= 15 is 0 Å². The Hall–Kier alpha value is -0.900. The Morgan fingerprint density at radius 2 is 1.81 bits per heavy atom. The van der Waals surface area contributed by atoms with Crippen LogP contribution in [-0.4, -0.2) is 23.2 Å². The lowest BCUT2D eigenvalue weighted by Crippen LogP contribution is -2.49. The average molecular weight is 289 g/mol. The lowest BCUT2D eigenvalue weighted by molar-refractivity contribution is -0.0103. The Morgan fingerprint density at radius 1 is 1.19 bits per heavy atom. The van der Waals surface area contributed by atoms with Gasteiger partial charge in [0.15, 0.2) is 5.82 Å². The van der Waals surface area contributed by atoms with E-state index < -0.39 is 0 Å². The van der Waals surface area contributed by atoms with Gasteiger partial charge in [0.05, 0.1) is 0 Å². The van der Waals surface area contributed by atoms with E-state index in [2.05, 4.69) is 17.4 Å². The van der Waals surface area contributed by atoms with E-state index in [4.69, 9.17) is 9.51 Å². The molecule has 4 fully saturated rings. The average Bonchev–Trinajstić information content (AvgIpc) is 2.93. The third kappa shape index (κ3) is 2.41. The number of rotatable bonds is 5. The van der Waals surface area contributed by atoms with Crippen LogP contribution < -0.4 is 5.32 Å². The molecule has 4 aliphatic carbocycles. The SMILES string of the molecule is CNC(C)CCc1nc(C23CC4CC(CC(C4)C2)C3)no1. The molecule has 4 aliphatic rings. The standard InChI is InChI=1S/C17H27N3O/c1-11(18-2)3-4-15-19-16(20-21-15)17-8-12-5-13(9-17)7-14(6-12)10-17/h11-14,18H,3-10H2,1-2H3. The molecule has 0 aromatic carbocycles. The summed E-state index contributed by atoms with van der Waals surface area (Å²) in [5.41, 5.74) is 0.269. The topological polar surface area (TPSA) is 51.0 Å². The molecule has 1 heterocycles. The van der Waals surface area contributed by atoms with Gasteiger partial charge in [-0.15, -0.1) is 0 Å². The van der Waals surface area contributed by atoms with E-state index in [1.807, 2.05) is 7.05 Å². The van der Waals surface area contributed by atoms with Crippen molar-refractivity contribution >= 4 is 0 Å². The number of nitrogens with one attached hydrogen (secondary N) is 1. The van der Waals surface area contributed by atoms with Crippen molar-refractivity contribution in [2.24, 2.45) is 17.8 Å². The number of aryl methyl sites for hydroxylation is 1. The maximum atomic E-state index is 5.56. The second-order valence-electron chi connectivity index (χ2n) is 7.94. The van der Waals surface area contributed by atoms with Crippen molar-refractivity contribution in [2.45, 2.75) is 69.7 Å². The summed E-state index contributed by atoms with van der Waals surface area (Å²) < 4.78 is 5.56. The van der Waals surface area contributed by atoms with Gasteiger partial charge in [-0.05, 0) is 76.7 Å². The van der Waals surface area contributed by atoms with Crippen LogP contribution in [0.25, 0.3) is 0 Å². The lowest BCUT2D eigenvalue weighted by atomic mass is 9.49. The van der Waals surface area contributed by atoms with E-state index in [-0.39, 0.29) is 5.41 Å². The van der Waals surface area contributed by atoms with E-state index in [1.165, 1.54) is 38.5 Å². The fraction of sp³-hybridized carbons (Fsp3) is 0.882. The van der Waals surface area contributed by atoms with Gasteiger partial charge in [-0.2, -0.15) is 4.98 Å². The Morgan fingerprint density at radius 3 is 2.38 bits per heavy atom. The van der Waals surface area contributed by atoms with Gasteiger partial charge in [0.25, 0.3) is 0 Å². The lowest BCUT2D eigenvalue weighted by Gasteiger charge is -2.55. The van der Waals surface area contributed by atoms with Crippen LogP contribution in [0.4, 0.5) is 0 Å². The third-order valence-electron chi connectivity index (χ3n) is 6.26. The van der Waals surface area contributed by atoms with Crippen LogP contribution in [-0.2, 0) is 11.8 Å². The number of hydrogen-bond donors (Lipinski definition) is 1. The van der Waals surface area contributed by atoms with E-state index in [1.54, 1.807) is 0 Å². The molecular formula is C17H27N3O. The summed E-state index contributed by atoms with van der Waals surface area (Å²) in [5, 5.41) is 7.66. The Bertz CT molecular complexity index is 475. The predicted molar refractivity (Wildman–Crippen MR) is 81.0 cm³/mol. The third-order valence-corrected chi connectivity index (χ3v) is 6.26. The van der Waals surface area contributed by atoms with E-state index in [0.717, 1.165) is 42.3 Å². The molecule has 1 aromatic rings. The van der Waals surface area contributed by atoms with Crippen LogP contribution in [0.1, 0.15) is 63.6 Å². The fourth-order valence-corrected chi connectivity index (χ4v) is 5.44. The fourth-order valence-electron chi connectivity index (χ4n) is 5.44. The molecule has 1 N–H and O–H groups in total. The molecule has 5 rings (SSSR count). The van der Waals surface area contributed by atoms with Crippen LogP contribution in [0.15, 0.2) is 4.52 Å². The summed E-state index contributed by atoms with van der Waals surface area (Å²) in [7, 11) is 2.00. The molecule has 0 saturated heterocycles. The molecule has 4 heteroatoms. The van der Waals surface area contributed by atoms with Crippen molar-refractivity contribution in [3.05, 3.63) is 11.7 Å². The molecule has 1 unspecified atom stereocenters. The maximum absolute atomic E-state index is 5.56. The van der Waals surface area contributed by atoms with Gasteiger partial charge in [-0.1, -0.05) is 5.16 Å². The molecule has 4 nitrogen and oxygen atoms in total. The molecule has 0 amide bonds. The summed E-state index contributed by atoms with van der Waals surface area (Å²) in [6, 6.07) is 0.500. The first-order chi connectivity index (χ1) is 10.2. The van der Waals surface area contributed by atoms with Crippen molar-refractivity contribution < 1.29 is 4.52 Å². The van der Waals surface area contributed by atoms with Crippen molar-refractivity contribution in [1.29, 1.82) is 0 Å². The first kappa shape index (κ1) is 13.7. The molecule has 116 valence electrons. The number of nitrogens with zero attached hydrogens (tertiary/aromatic N) is 2. The zero-order valence-electron chi connectivity index (χ0n) is 13.3. The summed E-state index contributed by atoms with van der Waals surface area (Å²) in [4.78, 5) is 4.80. The first-order valence-corrected chi connectivity index (χ1v) is 8.67. The smallest absolute Gasteiger partial charge is 0.226 e. The molecule has 1 aromatic heterocycles. The zero-order valence-corrected chi connectivity index (χ0v) is 13.3. The van der Waals surface area contributed by atoms with Gasteiger partial charge in [-0.25, -0.2) is 0 Å². The minimum Gasteiger partial charge on any atom is -0.339 e. The monoisotopic (exact) mass is 289 g/mol. The van der Waals surface area contributed by atoms with Crippen molar-refractivity contribution in [3.8, 4) is 0 Å². The van der Waals surface area contributed by atoms with Gasteiger partial charge in [0.1, 0.15) is 0 Å². The molecule has 0 spiro atoms. The minimum absolute atomic E-state index is 0.269. The summed E-state index contributed by atoms with van der Waals surface area (Å²) in [5.74, 6) is 4.67. The molecular weight excluding hydrogens is 262 g/mol. The number of hydrogen-bond acceptors (Lipinski definition) is 4. The molecule has 21 heavy (non-hydrogen) atoms. The van der Waals surface area contributed by atoms with Gasteiger partial charge >= 0.3 is 0 Å².